The average molecular weight is 186 g/mol. The number of nitrogens with zero attached hydrogens (tertiary/aromatic N) is 4. The Morgan fingerprint density at radius 1 is 1.43 bits per heavy atom. The molecule has 0 aliphatic rings. The maximum atomic E-state index is 8.21. The van der Waals surface area contributed by atoms with Gasteiger partial charge in [-0.2, -0.15) is 0 Å². The van der Waals surface area contributed by atoms with E-state index in [9.17, 15) is 0 Å². The van der Waals surface area contributed by atoms with Gasteiger partial charge >= 0.3 is 0 Å². The number of aryl methyl sites for hydroxylation is 1. The normalized spacial score (nSPS) is 10.1. The topological polar surface area (TPSA) is 53.7 Å². The lowest BCUT2D eigenvalue weighted by Crippen LogP contribution is -1.86. The Hall–Kier alpha value is -1.93. The molecule has 1 heterocycles. The first kappa shape index (κ1) is 8.66. The lowest BCUT2D eigenvalue weighted by Gasteiger charge is -1.99. The summed E-state index contributed by atoms with van der Waals surface area (Å²) in [5.41, 5.74) is 10.4. The van der Waals surface area contributed by atoms with E-state index in [-0.39, 0.29) is 0 Å². The molecule has 0 aliphatic heterocycles. The van der Waals surface area contributed by atoms with E-state index in [1.54, 1.807) is 0 Å². The Morgan fingerprint density at radius 2 is 2.29 bits per heavy atom. The average Bonchev–Trinajstić information content (AvgIpc) is 2.57. The summed E-state index contributed by atoms with van der Waals surface area (Å²) in [6.45, 7) is 0.414. The van der Waals surface area contributed by atoms with Crippen LogP contribution in [-0.2, 0) is 13.6 Å². The maximum absolute atomic E-state index is 8.21. The summed E-state index contributed by atoms with van der Waals surface area (Å²) >= 11 is 0. The molecule has 4 heteroatoms. The van der Waals surface area contributed by atoms with Crippen molar-refractivity contribution >= 4 is 10.9 Å². The van der Waals surface area contributed by atoms with Gasteiger partial charge in [0.05, 0.1) is 6.54 Å². The Balaban J connectivity index is 2.48. The van der Waals surface area contributed by atoms with Crippen molar-refractivity contribution in [3.63, 3.8) is 0 Å². The predicted octanol–water partition coefficient (Wildman–Crippen LogP) is 2.99. The largest absolute Gasteiger partial charge is 0.351 e. The second-order valence-corrected chi connectivity index (χ2v) is 3.21. The van der Waals surface area contributed by atoms with E-state index in [1.165, 1.54) is 5.39 Å². The summed E-state index contributed by atoms with van der Waals surface area (Å²) in [6, 6.07) is 8.13. The molecule has 0 unspecified atom stereocenters. The summed E-state index contributed by atoms with van der Waals surface area (Å²) in [4.78, 5) is 2.74. The second kappa shape index (κ2) is 3.44. The fourth-order valence-electron chi connectivity index (χ4n) is 1.52. The first-order valence-electron chi connectivity index (χ1n) is 4.36. The summed E-state index contributed by atoms with van der Waals surface area (Å²) < 4.78 is 2.05. The molecule has 0 aliphatic carbocycles. The minimum Gasteiger partial charge on any atom is -0.351 e. The van der Waals surface area contributed by atoms with E-state index >= 15 is 0 Å². The number of hydrogen-bond acceptors (Lipinski definition) is 1. The molecular formula is C10H10N4. The quantitative estimate of drug-likeness (QED) is 0.393. The van der Waals surface area contributed by atoms with Crippen LogP contribution in [0.4, 0.5) is 0 Å². The van der Waals surface area contributed by atoms with Gasteiger partial charge in [-0.1, -0.05) is 17.2 Å². The number of rotatable bonds is 2. The molecule has 2 rings (SSSR count). The maximum Gasteiger partial charge on any atom is 0.0511 e. The molecule has 0 saturated heterocycles. The minimum atomic E-state index is 0.414. The molecule has 70 valence electrons. The lowest BCUT2D eigenvalue weighted by molar-refractivity contribution is 0.964. The summed E-state index contributed by atoms with van der Waals surface area (Å²) in [7, 11) is 2.00. The van der Waals surface area contributed by atoms with Crippen LogP contribution < -0.4 is 0 Å². The molecule has 0 atom stereocenters. The minimum absolute atomic E-state index is 0.414. The number of benzene rings is 1. The highest BCUT2D eigenvalue weighted by atomic mass is 15.1. The zero-order valence-electron chi connectivity index (χ0n) is 7.88. The third-order valence-corrected chi connectivity index (χ3v) is 2.27. The molecule has 1 aromatic heterocycles. The van der Waals surface area contributed by atoms with Gasteiger partial charge in [-0.15, -0.1) is 0 Å². The molecule has 0 saturated carbocycles. The van der Waals surface area contributed by atoms with E-state index in [2.05, 4.69) is 20.7 Å². The van der Waals surface area contributed by atoms with Crippen molar-refractivity contribution in [1.82, 2.24) is 4.57 Å². The fourth-order valence-corrected chi connectivity index (χ4v) is 1.52. The molecular weight excluding hydrogens is 176 g/mol. The van der Waals surface area contributed by atoms with Crippen LogP contribution in [0.3, 0.4) is 0 Å². The van der Waals surface area contributed by atoms with Gasteiger partial charge < -0.3 is 4.57 Å². The molecule has 0 spiro atoms. The molecule has 1 aromatic carbocycles. The van der Waals surface area contributed by atoms with Crippen molar-refractivity contribution in [2.24, 2.45) is 12.2 Å². The van der Waals surface area contributed by atoms with Gasteiger partial charge in [-0.3, -0.25) is 0 Å². The SMILES string of the molecule is Cn1ccc2ccc(CN=[N+]=[N-])cc21. The standard InChI is InChI=1S/C10H10N4/c1-14-5-4-9-3-2-8(6-10(9)14)7-12-13-11/h2-6H,7H2,1H3. The lowest BCUT2D eigenvalue weighted by atomic mass is 10.2. The zero-order chi connectivity index (χ0) is 9.97. The van der Waals surface area contributed by atoms with Gasteiger partial charge in [0.15, 0.2) is 0 Å². The number of aromatic nitrogens is 1. The van der Waals surface area contributed by atoms with E-state index in [4.69, 9.17) is 5.53 Å². The smallest absolute Gasteiger partial charge is 0.0511 e. The van der Waals surface area contributed by atoms with Crippen molar-refractivity contribution in [3.05, 3.63) is 46.5 Å². The predicted molar refractivity (Wildman–Crippen MR) is 55.8 cm³/mol. The highest BCUT2D eigenvalue weighted by Gasteiger charge is 1.98. The Labute approximate surface area is 81.4 Å². The molecule has 0 N–H and O–H groups in total. The van der Waals surface area contributed by atoms with Crippen LogP contribution in [0.2, 0.25) is 0 Å². The van der Waals surface area contributed by atoms with Crippen LogP contribution in [0.15, 0.2) is 35.6 Å². The van der Waals surface area contributed by atoms with Crippen molar-refractivity contribution in [1.29, 1.82) is 0 Å². The first-order chi connectivity index (χ1) is 6.81. The molecule has 0 amide bonds. The van der Waals surface area contributed by atoms with Crippen LogP contribution in [0.5, 0.6) is 0 Å². The van der Waals surface area contributed by atoms with Gasteiger partial charge in [-0.05, 0) is 28.6 Å². The van der Waals surface area contributed by atoms with Crippen molar-refractivity contribution in [3.8, 4) is 0 Å². The van der Waals surface area contributed by atoms with Gasteiger partial charge in [-0.25, -0.2) is 0 Å². The fraction of sp³-hybridized carbons (Fsp3) is 0.200. The van der Waals surface area contributed by atoms with Crippen LogP contribution in [-0.4, -0.2) is 4.57 Å². The first-order valence-corrected chi connectivity index (χ1v) is 4.36. The van der Waals surface area contributed by atoms with E-state index in [0.717, 1.165) is 11.1 Å². The number of fused-ring (bicyclic) bond motifs is 1. The molecule has 14 heavy (non-hydrogen) atoms. The molecule has 2 aromatic rings. The molecule has 4 nitrogen and oxygen atoms in total. The van der Waals surface area contributed by atoms with Gasteiger partial charge in [0.1, 0.15) is 0 Å². The summed E-state index contributed by atoms with van der Waals surface area (Å²) in [6.07, 6.45) is 2.02. The summed E-state index contributed by atoms with van der Waals surface area (Å²) in [5.74, 6) is 0. The van der Waals surface area contributed by atoms with Gasteiger partial charge in [0.2, 0.25) is 0 Å². The Bertz CT molecular complexity index is 506. The van der Waals surface area contributed by atoms with E-state index < -0.39 is 0 Å². The highest BCUT2D eigenvalue weighted by molar-refractivity contribution is 5.80. The Morgan fingerprint density at radius 3 is 3.07 bits per heavy atom. The third kappa shape index (κ3) is 1.43. The van der Waals surface area contributed by atoms with Crippen LogP contribution >= 0.6 is 0 Å². The molecule has 0 radical (unpaired) electrons. The summed E-state index contributed by atoms with van der Waals surface area (Å²) in [5, 5.41) is 4.74. The van der Waals surface area contributed by atoms with Gasteiger partial charge in [0, 0.05) is 23.7 Å². The van der Waals surface area contributed by atoms with Crippen LogP contribution in [0.25, 0.3) is 21.3 Å². The van der Waals surface area contributed by atoms with Crippen molar-refractivity contribution in [2.45, 2.75) is 6.54 Å². The van der Waals surface area contributed by atoms with E-state index in [0.29, 0.717) is 6.54 Å². The van der Waals surface area contributed by atoms with E-state index in [1.807, 2.05) is 31.4 Å². The van der Waals surface area contributed by atoms with Crippen LogP contribution in [0.1, 0.15) is 5.56 Å². The van der Waals surface area contributed by atoms with Gasteiger partial charge in [0.25, 0.3) is 0 Å². The zero-order valence-corrected chi connectivity index (χ0v) is 7.88. The number of azide groups is 1. The monoisotopic (exact) mass is 186 g/mol. The Kier molecular flexibility index (Phi) is 2.13. The number of hydrogen-bond donors (Lipinski definition) is 0. The molecule has 0 fully saturated rings. The van der Waals surface area contributed by atoms with Crippen molar-refractivity contribution < 1.29 is 0 Å². The third-order valence-electron chi connectivity index (χ3n) is 2.27. The molecule has 0 bridgehead atoms. The second-order valence-electron chi connectivity index (χ2n) is 3.21. The highest BCUT2D eigenvalue weighted by Crippen LogP contribution is 2.16. The van der Waals surface area contributed by atoms with Crippen LogP contribution in [0, 0.1) is 0 Å². The van der Waals surface area contributed by atoms with Crippen molar-refractivity contribution in [2.75, 3.05) is 0 Å².